The lowest BCUT2D eigenvalue weighted by Gasteiger charge is -2.33. The molecule has 5 heterocycles. The van der Waals surface area contributed by atoms with Gasteiger partial charge in [0.15, 0.2) is 0 Å². The second kappa shape index (κ2) is 13.5. The van der Waals surface area contributed by atoms with Crippen LogP contribution in [0.3, 0.4) is 0 Å². The van der Waals surface area contributed by atoms with E-state index >= 15 is 0 Å². The average Bonchev–Trinajstić information content (AvgIpc) is 3.77. The van der Waals surface area contributed by atoms with E-state index in [2.05, 4.69) is 72.0 Å². The molecular formula is C33H36F3N9S. The topological polar surface area (TPSA) is 110 Å². The van der Waals surface area contributed by atoms with E-state index in [0.717, 1.165) is 73.2 Å². The highest BCUT2D eigenvalue weighted by Gasteiger charge is 2.29. The zero-order valence-electron chi connectivity index (χ0n) is 25.6. The summed E-state index contributed by atoms with van der Waals surface area (Å²) in [6.45, 7) is 9.30. The normalized spacial score (nSPS) is 15.3. The number of benzene rings is 1. The highest BCUT2D eigenvalue weighted by atomic mass is 32.1. The number of likely N-dealkylation sites (tertiary alicyclic amines) is 1. The van der Waals surface area contributed by atoms with Crippen LogP contribution in [0, 0.1) is 18.3 Å². The van der Waals surface area contributed by atoms with Gasteiger partial charge in [-0.3, -0.25) is 10.00 Å². The predicted molar refractivity (Wildman–Crippen MR) is 176 cm³/mol. The van der Waals surface area contributed by atoms with Crippen molar-refractivity contribution in [1.82, 2.24) is 29.6 Å². The van der Waals surface area contributed by atoms with Crippen molar-refractivity contribution in [3.05, 3.63) is 77.3 Å². The monoisotopic (exact) mass is 647 g/mol. The molecule has 0 amide bonds. The molecule has 13 heteroatoms. The maximum absolute atomic E-state index is 12.9. The largest absolute Gasteiger partial charge is 0.393 e. The van der Waals surface area contributed by atoms with Gasteiger partial charge in [-0.05, 0) is 61.9 Å². The Kier molecular flexibility index (Phi) is 9.28. The van der Waals surface area contributed by atoms with Gasteiger partial charge in [0.25, 0.3) is 0 Å². The number of hydrogen-bond donors (Lipinski definition) is 3. The molecule has 4 aromatic heterocycles. The van der Waals surface area contributed by atoms with Crippen molar-refractivity contribution in [2.75, 3.05) is 23.7 Å². The van der Waals surface area contributed by atoms with Gasteiger partial charge in [-0.2, -0.15) is 23.5 Å². The van der Waals surface area contributed by atoms with Gasteiger partial charge in [0.2, 0.25) is 0 Å². The van der Waals surface area contributed by atoms with Crippen LogP contribution in [-0.2, 0) is 19.5 Å². The first-order chi connectivity index (χ1) is 22.2. The van der Waals surface area contributed by atoms with Crippen LogP contribution in [0.4, 0.5) is 24.7 Å². The van der Waals surface area contributed by atoms with Gasteiger partial charge in [-0.15, -0.1) is 17.9 Å². The van der Waals surface area contributed by atoms with E-state index in [1.807, 2.05) is 18.3 Å². The van der Waals surface area contributed by atoms with E-state index < -0.39 is 12.6 Å². The highest BCUT2D eigenvalue weighted by Crippen LogP contribution is 2.33. The second-order valence-corrected chi connectivity index (χ2v) is 13.0. The summed E-state index contributed by atoms with van der Waals surface area (Å²) in [5.74, 6) is 0.598. The second-order valence-electron chi connectivity index (χ2n) is 11.9. The number of aryl methyl sites for hydroxylation is 2. The average molecular weight is 648 g/mol. The smallest absolute Gasteiger partial charge is 0.379 e. The summed E-state index contributed by atoms with van der Waals surface area (Å²) < 4.78 is 40.9. The number of nitrogens with one attached hydrogen (secondary N) is 3. The molecule has 1 unspecified atom stereocenters. The summed E-state index contributed by atoms with van der Waals surface area (Å²) in [5, 5.41) is 25.5. The Morgan fingerprint density at radius 1 is 1.22 bits per heavy atom. The van der Waals surface area contributed by atoms with Gasteiger partial charge in [-0.25, -0.2) is 9.97 Å². The molecule has 0 aliphatic carbocycles. The van der Waals surface area contributed by atoms with Crippen molar-refractivity contribution in [2.24, 2.45) is 0 Å². The Morgan fingerprint density at radius 2 is 2.04 bits per heavy atom. The van der Waals surface area contributed by atoms with Crippen LogP contribution in [0.2, 0.25) is 0 Å². The summed E-state index contributed by atoms with van der Waals surface area (Å²) >= 11 is 1.07. The number of nitrogens with zero attached hydrogens (tertiary/aromatic N) is 6. The van der Waals surface area contributed by atoms with Crippen LogP contribution in [0.1, 0.15) is 47.4 Å². The first kappa shape index (κ1) is 31.6. The van der Waals surface area contributed by atoms with Crippen LogP contribution >= 0.6 is 11.3 Å². The third-order valence-corrected chi connectivity index (χ3v) is 9.72. The number of rotatable bonds is 12. The zero-order chi connectivity index (χ0) is 32.3. The van der Waals surface area contributed by atoms with E-state index in [1.165, 1.54) is 17.5 Å². The van der Waals surface area contributed by atoms with Crippen molar-refractivity contribution in [3.63, 3.8) is 0 Å². The van der Waals surface area contributed by atoms with E-state index in [0.29, 0.717) is 28.3 Å². The van der Waals surface area contributed by atoms with Crippen LogP contribution in [0.5, 0.6) is 0 Å². The van der Waals surface area contributed by atoms with Gasteiger partial charge in [0, 0.05) is 60.2 Å². The maximum atomic E-state index is 12.9. The van der Waals surface area contributed by atoms with Gasteiger partial charge in [0.05, 0.1) is 23.7 Å². The molecule has 1 atom stereocenters. The Labute approximate surface area is 269 Å². The van der Waals surface area contributed by atoms with Crippen LogP contribution in [0.25, 0.3) is 21.1 Å². The quantitative estimate of drug-likeness (QED) is 0.123. The molecule has 5 aromatic rings. The number of aromatic amines is 1. The lowest BCUT2D eigenvalue weighted by atomic mass is 10.0. The van der Waals surface area contributed by atoms with Crippen molar-refractivity contribution in [1.29, 1.82) is 5.26 Å². The fourth-order valence-corrected chi connectivity index (χ4v) is 7.33. The van der Waals surface area contributed by atoms with Crippen molar-refractivity contribution >= 4 is 44.0 Å². The molecule has 1 fully saturated rings. The molecule has 0 spiro atoms. The van der Waals surface area contributed by atoms with Crippen molar-refractivity contribution in [3.8, 4) is 6.07 Å². The Bertz CT molecular complexity index is 1840. The maximum Gasteiger partial charge on any atom is 0.393 e. The number of alkyl halides is 3. The lowest BCUT2D eigenvalue weighted by Crippen LogP contribution is -2.39. The van der Waals surface area contributed by atoms with Crippen LogP contribution < -0.4 is 10.6 Å². The number of aromatic nitrogens is 5. The van der Waals surface area contributed by atoms with E-state index in [1.54, 1.807) is 12.3 Å². The molecule has 1 aromatic carbocycles. The number of fused-ring (bicyclic) bond motifs is 2. The number of piperidine rings is 1. The fourth-order valence-electron chi connectivity index (χ4n) is 6.30. The van der Waals surface area contributed by atoms with Gasteiger partial charge < -0.3 is 15.2 Å². The molecule has 0 saturated carbocycles. The molecule has 6 rings (SSSR count). The van der Waals surface area contributed by atoms with E-state index in [9.17, 15) is 18.4 Å². The van der Waals surface area contributed by atoms with Crippen molar-refractivity contribution in [2.45, 2.75) is 70.4 Å². The minimum Gasteiger partial charge on any atom is -0.379 e. The number of halogens is 3. The third kappa shape index (κ3) is 7.18. The van der Waals surface area contributed by atoms with Crippen LogP contribution in [-0.4, -0.2) is 61.0 Å². The summed E-state index contributed by atoms with van der Waals surface area (Å²) in [6.07, 6.45) is 5.07. The number of H-pyrrole nitrogens is 1. The van der Waals surface area contributed by atoms with Gasteiger partial charge in [-0.1, -0.05) is 12.1 Å². The van der Waals surface area contributed by atoms with Crippen LogP contribution in [0.15, 0.2) is 55.6 Å². The van der Waals surface area contributed by atoms with Gasteiger partial charge >= 0.3 is 6.18 Å². The standard InChI is InChI=1S/C33H36F3N9S/c1-3-4-23(42-25-17-40-41-18-25)9-12-45-26(16-37)13-28-21(2)22(5-6-30(28)45)19-44-10-7-24(8-11-44)43-31-29-14-27(15-33(34,35)36)46-32(29)39-20-38-31/h3,5-6,13-14,17-18,20,23-24,42H,1,4,7-12,15,19H2,2H3,(H,40,41)(H,38,39,43). The molecule has 1 aliphatic heterocycles. The predicted octanol–water partition coefficient (Wildman–Crippen LogP) is 7.18. The minimum absolute atomic E-state index is 0.161. The molecule has 0 radical (unpaired) electrons. The molecule has 1 aliphatic rings. The minimum atomic E-state index is -4.26. The molecule has 240 valence electrons. The summed E-state index contributed by atoms with van der Waals surface area (Å²) in [6, 6.07) is 10.6. The third-order valence-electron chi connectivity index (χ3n) is 8.68. The molecule has 9 nitrogen and oxygen atoms in total. The number of hydrogen-bond acceptors (Lipinski definition) is 8. The highest BCUT2D eigenvalue weighted by molar-refractivity contribution is 7.18. The first-order valence-electron chi connectivity index (χ1n) is 15.4. The summed E-state index contributed by atoms with van der Waals surface area (Å²) in [4.78, 5) is 11.8. The first-order valence-corrected chi connectivity index (χ1v) is 16.2. The molecular weight excluding hydrogens is 611 g/mol. The number of nitriles is 1. The Hall–Kier alpha value is -4.41. The van der Waals surface area contributed by atoms with Crippen molar-refractivity contribution < 1.29 is 13.2 Å². The lowest BCUT2D eigenvalue weighted by molar-refractivity contribution is -0.126. The molecule has 46 heavy (non-hydrogen) atoms. The van der Waals surface area contributed by atoms with E-state index in [-0.39, 0.29) is 17.0 Å². The zero-order valence-corrected chi connectivity index (χ0v) is 26.4. The fraction of sp³-hybridized carbons (Fsp3) is 0.394. The number of thiophene rings is 1. The SMILES string of the molecule is C=CCC(CCn1c(C#N)cc2c(C)c(CN3CCC(Nc4ncnc5sc(CC(F)(F)F)cc45)CC3)ccc21)Nc1cn[nH]c1. The van der Waals surface area contributed by atoms with E-state index in [4.69, 9.17) is 0 Å². The number of anilines is 2. The molecule has 3 N–H and O–H groups in total. The molecule has 1 saturated heterocycles. The molecule has 0 bridgehead atoms. The summed E-state index contributed by atoms with van der Waals surface area (Å²) in [5.41, 5.74) is 5.06. The Balaban J connectivity index is 1.09. The summed E-state index contributed by atoms with van der Waals surface area (Å²) in [7, 11) is 0. The van der Waals surface area contributed by atoms with Gasteiger partial charge in [0.1, 0.15) is 28.7 Å². The Morgan fingerprint density at radius 3 is 2.76 bits per heavy atom.